The molecule has 1 atom stereocenters. The number of halogens is 1. The molecular weight excluding hydrogens is 430 g/mol. The second kappa shape index (κ2) is 9.53. The van der Waals surface area contributed by atoms with E-state index in [2.05, 4.69) is 15.5 Å². The summed E-state index contributed by atoms with van der Waals surface area (Å²) in [6.07, 6.45) is -0.719. The van der Waals surface area contributed by atoms with Gasteiger partial charge in [-0.15, -0.1) is 0 Å². The van der Waals surface area contributed by atoms with Crippen molar-refractivity contribution in [2.45, 2.75) is 13.0 Å². The van der Waals surface area contributed by atoms with Crippen LogP contribution < -0.4 is 14.8 Å². The molecule has 1 heterocycles. The molecule has 4 aromatic rings. The Morgan fingerprint density at radius 1 is 0.969 bits per heavy atom. The highest BCUT2D eigenvalue weighted by Crippen LogP contribution is 2.27. The van der Waals surface area contributed by atoms with Crippen molar-refractivity contribution in [2.75, 3.05) is 12.4 Å². The number of hydrogen-bond donors (Lipinski definition) is 1. The average molecular weight is 450 g/mol. The van der Waals surface area contributed by atoms with Crippen molar-refractivity contribution in [1.29, 1.82) is 0 Å². The molecule has 0 saturated heterocycles. The Morgan fingerprint density at radius 3 is 2.31 bits per heavy atom. The quantitative estimate of drug-likeness (QED) is 0.402. The number of para-hydroxylation sites is 2. The number of amides is 1. The van der Waals surface area contributed by atoms with E-state index >= 15 is 0 Å². The minimum Gasteiger partial charge on any atom is -0.493 e. The minimum atomic E-state index is -0.719. The molecule has 3 aromatic carbocycles. The monoisotopic (exact) mass is 449 g/mol. The molecule has 32 heavy (non-hydrogen) atoms. The zero-order valence-electron chi connectivity index (χ0n) is 17.4. The molecule has 0 aliphatic rings. The highest BCUT2D eigenvalue weighted by atomic mass is 35.5. The van der Waals surface area contributed by atoms with E-state index in [1.54, 1.807) is 62.6 Å². The Morgan fingerprint density at radius 2 is 1.62 bits per heavy atom. The predicted molar refractivity (Wildman–Crippen MR) is 122 cm³/mol. The van der Waals surface area contributed by atoms with E-state index in [1.807, 2.05) is 24.3 Å². The fraction of sp³-hybridized carbons (Fsp3) is 0.125. The molecule has 0 aliphatic heterocycles. The second-order valence-electron chi connectivity index (χ2n) is 6.91. The Kier molecular flexibility index (Phi) is 6.37. The number of nitrogens with one attached hydrogen (secondary N) is 1. The van der Waals surface area contributed by atoms with Crippen LogP contribution in [0.3, 0.4) is 0 Å². The first-order chi connectivity index (χ1) is 15.5. The lowest BCUT2D eigenvalue weighted by atomic mass is 10.2. The molecule has 162 valence electrons. The van der Waals surface area contributed by atoms with Crippen molar-refractivity contribution in [3.05, 3.63) is 77.8 Å². The summed E-state index contributed by atoms with van der Waals surface area (Å²) in [5.74, 6) is 1.62. The third kappa shape index (κ3) is 4.90. The van der Waals surface area contributed by atoms with E-state index in [1.165, 1.54) is 0 Å². The molecule has 0 saturated carbocycles. The number of nitrogens with zero attached hydrogens (tertiary/aromatic N) is 2. The summed E-state index contributed by atoms with van der Waals surface area (Å²) in [7, 11) is 1.55. The van der Waals surface area contributed by atoms with Crippen molar-refractivity contribution < 1.29 is 18.8 Å². The van der Waals surface area contributed by atoms with Gasteiger partial charge in [-0.25, -0.2) is 0 Å². The summed E-state index contributed by atoms with van der Waals surface area (Å²) in [6, 6.07) is 21.5. The van der Waals surface area contributed by atoms with Gasteiger partial charge >= 0.3 is 0 Å². The maximum atomic E-state index is 12.5. The molecular formula is C24H20ClN3O4. The van der Waals surface area contributed by atoms with Crippen LogP contribution in [0.1, 0.15) is 6.92 Å². The van der Waals surface area contributed by atoms with Gasteiger partial charge in [-0.1, -0.05) is 28.9 Å². The Balaban J connectivity index is 1.40. The molecule has 0 bridgehead atoms. The van der Waals surface area contributed by atoms with Gasteiger partial charge in [0.15, 0.2) is 17.6 Å². The van der Waals surface area contributed by atoms with Gasteiger partial charge in [-0.3, -0.25) is 4.79 Å². The van der Waals surface area contributed by atoms with E-state index in [-0.39, 0.29) is 5.91 Å². The first-order valence-corrected chi connectivity index (χ1v) is 10.2. The molecule has 0 unspecified atom stereocenters. The zero-order valence-corrected chi connectivity index (χ0v) is 18.2. The van der Waals surface area contributed by atoms with E-state index in [4.69, 9.17) is 25.6 Å². The van der Waals surface area contributed by atoms with Gasteiger partial charge in [0, 0.05) is 21.8 Å². The number of methoxy groups -OCH3 is 1. The molecule has 0 fully saturated rings. The van der Waals surface area contributed by atoms with Crippen LogP contribution in [0.5, 0.6) is 11.5 Å². The molecule has 8 heteroatoms. The number of benzene rings is 3. The third-order valence-electron chi connectivity index (χ3n) is 4.67. The van der Waals surface area contributed by atoms with Gasteiger partial charge in [-0.05, 0) is 67.6 Å². The Labute approximate surface area is 189 Å². The van der Waals surface area contributed by atoms with E-state index < -0.39 is 6.10 Å². The average Bonchev–Trinajstić information content (AvgIpc) is 3.30. The van der Waals surface area contributed by atoms with Crippen LogP contribution in [0, 0.1) is 0 Å². The first-order valence-electron chi connectivity index (χ1n) is 9.84. The van der Waals surface area contributed by atoms with E-state index in [0.29, 0.717) is 33.9 Å². The smallest absolute Gasteiger partial charge is 0.265 e. The number of anilines is 1. The maximum Gasteiger partial charge on any atom is 0.265 e. The van der Waals surface area contributed by atoms with Crippen LogP contribution in [-0.2, 0) is 4.79 Å². The first kappa shape index (κ1) is 21.4. The van der Waals surface area contributed by atoms with Gasteiger partial charge < -0.3 is 19.3 Å². The highest BCUT2D eigenvalue weighted by molar-refractivity contribution is 6.30. The number of ether oxygens (including phenoxy) is 2. The highest BCUT2D eigenvalue weighted by Gasteiger charge is 2.17. The molecule has 1 N–H and O–H groups in total. The predicted octanol–water partition coefficient (Wildman–Crippen LogP) is 5.47. The van der Waals surface area contributed by atoms with Crippen LogP contribution >= 0.6 is 11.6 Å². The number of rotatable bonds is 7. The second-order valence-corrected chi connectivity index (χ2v) is 7.34. The SMILES string of the molecule is COc1ccccc1O[C@@H](C)C(=O)Nc1ccc(-c2nc(-c3ccc(Cl)cc3)no2)cc1. The number of carbonyl (C=O) groups is 1. The molecule has 0 aliphatic carbocycles. The molecule has 4 rings (SSSR count). The van der Waals surface area contributed by atoms with Gasteiger partial charge in [0.1, 0.15) is 0 Å². The van der Waals surface area contributed by atoms with Crippen molar-refractivity contribution in [2.24, 2.45) is 0 Å². The summed E-state index contributed by atoms with van der Waals surface area (Å²) < 4.78 is 16.4. The summed E-state index contributed by atoms with van der Waals surface area (Å²) in [6.45, 7) is 1.67. The van der Waals surface area contributed by atoms with Crippen molar-refractivity contribution in [1.82, 2.24) is 10.1 Å². The summed E-state index contributed by atoms with van der Waals surface area (Å²) in [5.41, 5.74) is 2.15. The minimum absolute atomic E-state index is 0.286. The number of hydrogen-bond acceptors (Lipinski definition) is 6. The summed E-state index contributed by atoms with van der Waals surface area (Å²) in [5, 5.41) is 7.48. The van der Waals surface area contributed by atoms with Crippen LogP contribution in [0.25, 0.3) is 22.8 Å². The van der Waals surface area contributed by atoms with Crippen molar-refractivity contribution in [3.63, 3.8) is 0 Å². The van der Waals surface area contributed by atoms with Gasteiger partial charge in [-0.2, -0.15) is 4.98 Å². The fourth-order valence-corrected chi connectivity index (χ4v) is 3.08. The fourth-order valence-electron chi connectivity index (χ4n) is 2.96. The molecule has 1 aromatic heterocycles. The molecule has 0 spiro atoms. The van der Waals surface area contributed by atoms with Crippen LogP contribution in [0.15, 0.2) is 77.3 Å². The largest absolute Gasteiger partial charge is 0.493 e. The lowest BCUT2D eigenvalue weighted by Crippen LogP contribution is -2.30. The third-order valence-corrected chi connectivity index (χ3v) is 4.92. The van der Waals surface area contributed by atoms with Crippen LogP contribution in [-0.4, -0.2) is 29.3 Å². The van der Waals surface area contributed by atoms with E-state index in [0.717, 1.165) is 11.1 Å². The van der Waals surface area contributed by atoms with Crippen molar-refractivity contribution in [3.8, 4) is 34.3 Å². The van der Waals surface area contributed by atoms with Crippen LogP contribution in [0.4, 0.5) is 5.69 Å². The zero-order chi connectivity index (χ0) is 22.5. The molecule has 7 nitrogen and oxygen atoms in total. The van der Waals surface area contributed by atoms with Gasteiger partial charge in [0.05, 0.1) is 7.11 Å². The lowest BCUT2D eigenvalue weighted by Gasteiger charge is -2.16. The normalized spacial score (nSPS) is 11.6. The summed E-state index contributed by atoms with van der Waals surface area (Å²) in [4.78, 5) is 17.0. The van der Waals surface area contributed by atoms with E-state index in [9.17, 15) is 4.79 Å². The van der Waals surface area contributed by atoms with Gasteiger partial charge in [0.25, 0.3) is 11.8 Å². The van der Waals surface area contributed by atoms with Crippen molar-refractivity contribution >= 4 is 23.2 Å². The lowest BCUT2D eigenvalue weighted by molar-refractivity contribution is -0.122. The molecule has 0 radical (unpaired) electrons. The number of aromatic nitrogens is 2. The summed E-state index contributed by atoms with van der Waals surface area (Å²) >= 11 is 5.92. The standard InChI is InChI=1S/C24H20ClN3O4/c1-15(31-21-6-4-3-5-20(21)30-2)23(29)26-19-13-9-17(10-14-19)24-27-22(28-32-24)16-7-11-18(25)12-8-16/h3-15H,1-2H3,(H,26,29)/t15-/m0/s1. The Hall–Kier alpha value is -3.84. The molecule has 1 amide bonds. The number of carbonyl (C=O) groups excluding carboxylic acids is 1. The van der Waals surface area contributed by atoms with Gasteiger partial charge in [0.2, 0.25) is 5.82 Å². The van der Waals surface area contributed by atoms with Crippen LogP contribution in [0.2, 0.25) is 5.02 Å². The topological polar surface area (TPSA) is 86.5 Å². The maximum absolute atomic E-state index is 12.5. The Bertz CT molecular complexity index is 1210.